The Kier molecular flexibility index (Phi) is 6.05. The summed E-state index contributed by atoms with van der Waals surface area (Å²) in [4.78, 5) is 2.45. The molecule has 0 radical (unpaired) electrons. The van der Waals surface area contributed by atoms with Crippen LogP contribution in [0.5, 0.6) is 0 Å². The molecule has 80 valence electrons. The van der Waals surface area contributed by atoms with E-state index in [1.807, 2.05) is 11.8 Å². The lowest BCUT2D eigenvalue weighted by atomic mass is 10.00. The minimum absolute atomic E-state index is 0.294. The third-order valence-corrected chi connectivity index (χ3v) is 3.64. The molecule has 1 saturated heterocycles. The van der Waals surface area contributed by atoms with Crippen LogP contribution in [0.3, 0.4) is 0 Å². The van der Waals surface area contributed by atoms with Gasteiger partial charge < -0.3 is 4.90 Å². The van der Waals surface area contributed by atoms with Gasteiger partial charge in [0.15, 0.2) is 0 Å². The van der Waals surface area contributed by atoms with Gasteiger partial charge in [-0.25, -0.2) is 0 Å². The summed E-state index contributed by atoms with van der Waals surface area (Å²) >= 11 is 2.01. The van der Waals surface area contributed by atoms with Crippen molar-refractivity contribution in [3.63, 3.8) is 0 Å². The number of rotatable bonds is 5. The van der Waals surface area contributed by atoms with Crippen LogP contribution >= 0.6 is 11.8 Å². The molecule has 14 heavy (non-hydrogen) atoms. The van der Waals surface area contributed by atoms with E-state index in [0.717, 1.165) is 13.0 Å². The molecule has 1 rings (SSSR count). The Hall–Kier alpha value is -0.200. The minimum Gasteiger partial charge on any atom is -0.302 e. The predicted molar refractivity (Wildman–Crippen MR) is 62.4 cm³/mol. The van der Waals surface area contributed by atoms with Crippen LogP contribution in [0.2, 0.25) is 0 Å². The van der Waals surface area contributed by atoms with Crippen LogP contribution in [0.15, 0.2) is 0 Å². The van der Waals surface area contributed by atoms with E-state index >= 15 is 0 Å². The highest BCUT2D eigenvalue weighted by Crippen LogP contribution is 2.15. The molecule has 0 aromatic rings. The Labute approximate surface area is 91.7 Å². The molecule has 0 saturated carbocycles. The number of nitriles is 1. The smallest absolute Gasteiger partial charge is 0.0669 e. The summed E-state index contributed by atoms with van der Waals surface area (Å²) in [5.41, 5.74) is 0. The van der Waals surface area contributed by atoms with Gasteiger partial charge in [0.05, 0.1) is 12.0 Å². The second-order valence-corrected chi connectivity index (χ2v) is 5.21. The summed E-state index contributed by atoms with van der Waals surface area (Å²) in [6.45, 7) is 5.60. The molecule has 1 atom stereocenters. The molecule has 0 aromatic carbocycles. The number of likely N-dealkylation sites (tertiary alicyclic amines) is 1. The number of nitrogens with zero attached hydrogens (tertiary/aromatic N) is 2. The second-order valence-electron chi connectivity index (χ2n) is 3.82. The average Bonchev–Trinajstić information content (AvgIpc) is 2.25. The first kappa shape index (κ1) is 11.9. The van der Waals surface area contributed by atoms with E-state index in [1.54, 1.807) is 0 Å². The maximum Gasteiger partial charge on any atom is 0.0669 e. The lowest BCUT2D eigenvalue weighted by molar-refractivity contribution is 0.200. The van der Waals surface area contributed by atoms with Gasteiger partial charge in [-0.05, 0) is 43.9 Å². The van der Waals surface area contributed by atoms with E-state index in [2.05, 4.69) is 17.9 Å². The molecule has 0 N–H and O–H groups in total. The highest BCUT2D eigenvalue weighted by Gasteiger charge is 2.18. The molecule has 0 spiro atoms. The van der Waals surface area contributed by atoms with Gasteiger partial charge in [-0.2, -0.15) is 17.0 Å². The van der Waals surface area contributed by atoms with E-state index in [4.69, 9.17) is 5.26 Å². The second kappa shape index (κ2) is 7.14. The first-order valence-corrected chi connectivity index (χ1v) is 6.72. The van der Waals surface area contributed by atoms with E-state index < -0.39 is 0 Å². The van der Waals surface area contributed by atoms with E-state index in [1.165, 1.54) is 37.4 Å². The summed E-state index contributed by atoms with van der Waals surface area (Å²) in [6.07, 6.45) is 3.59. The van der Waals surface area contributed by atoms with Crippen molar-refractivity contribution in [3.05, 3.63) is 0 Å². The molecule has 1 aliphatic rings. The Bertz CT molecular complexity index is 188. The van der Waals surface area contributed by atoms with E-state index in [-0.39, 0.29) is 0 Å². The zero-order chi connectivity index (χ0) is 10.2. The molecule has 1 unspecified atom stereocenters. The Morgan fingerprint density at radius 2 is 2.43 bits per heavy atom. The number of hydrogen-bond donors (Lipinski definition) is 0. The topological polar surface area (TPSA) is 27.0 Å². The molecule has 2 nitrogen and oxygen atoms in total. The summed E-state index contributed by atoms with van der Waals surface area (Å²) in [7, 11) is 0. The largest absolute Gasteiger partial charge is 0.302 e. The maximum atomic E-state index is 8.84. The third-order valence-electron chi connectivity index (χ3n) is 2.66. The van der Waals surface area contributed by atoms with Crippen molar-refractivity contribution in [3.8, 4) is 6.07 Å². The van der Waals surface area contributed by atoms with Crippen LogP contribution in [-0.4, -0.2) is 36.0 Å². The fourth-order valence-electron chi connectivity index (χ4n) is 1.90. The summed E-state index contributed by atoms with van der Waals surface area (Å²) < 4.78 is 0. The third kappa shape index (κ3) is 4.34. The average molecular weight is 212 g/mol. The fourth-order valence-corrected chi connectivity index (χ4v) is 2.52. The highest BCUT2D eigenvalue weighted by molar-refractivity contribution is 7.99. The van der Waals surface area contributed by atoms with E-state index in [0.29, 0.717) is 5.92 Å². The van der Waals surface area contributed by atoms with E-state index in [9.17, 15) is 0 Å². The van der Waals surface area contributed by atoms with Gasteiger partial charge in [-0.3, -0.25) is 0 Å². The molecular weight excluding hydrogens is 192 g/mol. The van der Waals surface area contributed by atoms with Crippen LogP contribution in [0.4, 0.5) is 0 Å². The van der Waals surface area contributed by atoms with Crippen molar-refractivity contribution in [2.45, 2.75) is 26.2 Å². The highest BCUT2D eigenvalue weighted by atomic mass is 32.2. The van der Waals surface area contributed by atoms with Crippen LogP contribution < -0.4 is 0 Å². The molecule has 0 aromatic heterocycles. The van der Waals surface area contributed by atoms with Gasteiger partial charge in [-0.15, -0.1) is 0 Å². The summed E-state index contributed by atoms with van der Waals surface area (Å²) in [5.74, 6) is 2.79. The molecule has 1 heterocycles. The first-order chi connectivity index (χ1) is 6.86. The molecule has 3 heteroatoms. The van der Waals surface area contributed by atoms with Gasteiger partial charge in [0.25, 0.3) is 0 Å². The molecule has 0 amide bonds. The van der Waals surface area contributed by atoms with Gasteiger partial charge in [0.1, 0.15) is 0 Å². The molecule has 1 fully saturated rings. The number of hydrogen-bond acceptors (Lipinski definition) is 3. The quantitative estimate of drug-likeness (QED) is 0.655. The zero-order valence-corrected chi connectivity index (χ0v) is 9.85. The maximum absolute atomic E-state index is 8.84. The van der Waals surface area contributed by atoms with Crippen molar-refractivity contribution < 1.29 is 0 Å². The van der Waals surface area contributed by atoms with Crippen molar-refractivity contribution in [1.29, 1.82) is 5.26 Å². The Balaban J connectivity index is 2.09. The van der Waals surface area contributed by atoms with Crippen LogP contribution in [-0.2, 0) is 0 Å². The number of thioether (sulfide) groups is 1. The summed E-state index contributed by atoms with van der Waals surface area (Å²) in [5, 5.41) is 8.84. The predicted octanol–water partition coefficient (Wildman–Crippen LogP) is 2.37. The van der Waals surface area contributed by atoms with Crippen LogP contribution in [0, 0.1) is 17.2 Å². The van der Waals surface area contributed by atoms with Crippen molar-refractivity contribution in [2.75, 3.05) is 31.1 Å². The van der Waals surface area contributed by atoms with Gasteiger partial charge >= 0.3 is 0 Å². The Morgan fingerprint density at radius 1 is 1.57 bits per heavy atom. The van der Waals surface area contributed by atoms with Gasteiger partial charge in [0.2, 0.25) is 0 Å². The summed E-state index contributed by atoms with van der Waals surface area (Å²) in [6, 6.07) is 2.39. The normalized spacial score (nSPS) is 23.3. The standard InChI is InChI=1S/C11H20N2S/c1-2-14-8-4-7-13-6-3-5-11(9-12)10-13/h11H,2-8,10H2,1H3. The minimum atomic E-state index is 0.294. The van der Waals surface area contributed by atoms with Gasteiger partial charge in [-0.1, -0.05) is 6.92 Å². The van der Waals surface area contributed by atoms with Crippen LogP contribution in [0.25, 0.3) is 0 Å². The first-order valence-electron chi connectivity index (χ1n) is 5.56. The fraction of sp³-hybridized carbons (Fsp3) is 0.909. The zero-order valence-electron chi connectivity index (χ0n) is 9.04. The molecular formula is C11H20N2S. The molecule has 0 bridgehead atoms. The van der Waals surface area contributed by atoms with Crippen molar-refractivity contribution in [1.82, 2.24) is 4.90 Å². The van der Waals surface area contributed by atoms with Crippen molar-refractivity contribution in [2.24, 2.45) is 5.92 Å². The Morgan fingerprint density at radius 3 is 3.14 bits per heavy atom. The SMILES string of the molecule is CCSCCCN1CCCC(C#N)C1. The monoisotopic (exact) mass is 212 g/mol. The molecule has 0 aliphatic carbocycles. The lowest BCUT2D eigenvalue weighted by Gasteiger charge is -2.29. The number of piperidine rings is 1. The van der Waals surface area contributed by atoms with Gasteiger partial charge in [0, 0.05) is 6.54 Å². The van der Waals surface area contributed by atoms with Crippen LogP contribution in [0.1, 0.15) is 26.2 Å². The molecule has 1 aliphatic heterocycles. The van der Waals surface area contributed by atoms with Crippen molar-refractivity contribution >= 4 is 11.8 Å². The lowest BCUT2D eigenvalue weighted by Crippen LogP contribution is -2.35.